The molecule has 0 amide bonds. The number of pyridine rings is 3. The number of rotatable bonds is 3. The standard InChI is InChI=1S/C24H16BrN5O2/c1-14-9-18(30-32-14)13-27-23-19-7-6-17(25)10-20(19)21-22(29-23)16(12-28-24(21)31)5-4-15-3-2-8-26-11-15/h2-3,6-12H,13H2,1H3,(H,27,29)(H,28,31). The van der Waals surface area contributed by atoms with Crippen molar-refractivity contribution in [3.63, 3.8) is 0 Å². The number of fused-ring (bicyclic) bond motifs is 3. The maximum Gasteiger partial charge on any atom is 0.258 e. The molecule has 0 fully saturated rings. The van der Waals surface area contributed by atoms with Crippen LogP contribution in [0, 0.1) is 18.8 Å². The molecule has 5 aromatic rings. The first-order valence-electron chi connectivity index (χ1n) is 9.81. The molecule has 0 aliphatic rings. The summed E-state index contributed by atoms with van der Waals surface area (Å²) in [5, 5.41) is 9.44. The molecule has 0 saturated heterocycles. The van der Waals surface area contributed by atoms with Gasteiger partial charge in [0.1, 0.15) is 17.3 Å². The maximum absolute atomic E-state index is 12.8. The number of H-pyrrole nitrogens is 1. The maximum atomic E-state index is 12.8. The third-order valence-corrected chi connectivity index (χ3v) is 5.41. The molecule has 0 spiro atoms. The molecule has 4 heterocycles. The van der Waals surface area contributed by atoms with Crippen LogP contribution in [0.3, 0.4) is 0 Å². The average molecular weight is 486 g/mol. The molecule has 1 aromatic carbocycles. The summed E-state index contributed by atoms with van der Waals surface area (Å²) in [6, 6.07) is 11.3. The SMILES string of the molecule is Cc1cc(CNc2nc3c(C#Cc4cccnc4)c[nH]c(=O)c3c3cc(Br)ccc23)no1. The molecule has 4 aromatic heterocycles. The summed E-state index contributed by atoms with van der Waals surface area (Å²) >= 11 is 3.52. The van der Waals surface area contributed by atoms with Gasteiger partial charge in [0.2, 0.25) is 0 Å². The number of aromatic nitrogens is 4. The highest BCUT2D eigenvalue weighted by Crippen LogP contribution is 2.31. The molecule has 32 heavy (non-hydrogen) atoms. The van der Waals surface area contributed by atoms with E-state index in [2.05, 4.69) is 48.2 Å². The van der Waals surface area contributed by atoms with Crippen molar-refractivity contribution in [3.8, 4) is 11.8 Å². The van der Waals surface area contributed by atoms with Crippen LogP contribution in [0.5, 0.6) is 0 Å². The van der Waals surface area contributed by atoms with Crippen LogP contribution in [0.15, 0.2) is 68.8 Å². The zero-order valence-electron chi connectivity index (χ0n) is 16.9. The molecule has 7 nitrogen and oxygen atoms in total. The molecule has 2 N–H and O–H groups in total. The first-order chi connectivity index (χ1) is 15.6. The second-order valence-corrected chi connectivity index (χ2v) is 8.10. The molecule has 0 aliphatic heterocycles. The van der Waals surface area contributed by atoms with Gasteiger partial charge in [0, 0.05) is 45.5 Å². The van der Waals surface area contributed by atoms with Gasteiger partial charge >= 0.3 is 0 Å². The molecule has 156 valence electrons. The fourth-order valence-electron chi connectivity index (χ4n) is 3.47. The second kappa shape index (κ2) is 8.29. The van der Waals surface area contributed by atoms with Gasteiger partial charge in [0.25, 0.3) is 5.56 Å². The van der Waals surface area contributed by atoms with E-state index in [0.29, 0.717) is 28.8 Å². The Bertz CT molecular complexity index is 1580. The number of halogens is 1. The van der Waals surface area contributed by atoms with Crippen molar-refractivity contribution in [2.75, 3.05) is 5.32 Å². The minimum absolute atomic E-state index is 0.221. The zero-order chi connectivity index (χ0) is 22.1. The Kier molecular flexibility index (Phi) is 5.17. The predicted molar refractivity (Wildman–Crippen MR) is 126 cm³/mol. The van der Waals surface area contributed by atoms with Gasteiger partial charge in [-0.15, -0.1) is 0 Å². The number of hydrogen-bond donors (Lipinski definition) is 2. The number of aromatic amines is 1. The number of aryl methyl sites for hydroxylation is 1. The van der Waals surface area contributed by atoms with Crippen molar-refractivity contribution in [2.24, 2.45) is 0 Å². The minimum Gasteiger partial charge on any atom is -0.364 e. The monoisotopic (exact) mass is 485 g/mol. The molecule has 0 radical (unpaired) electrons. The quantitative estimate of drug-likeness (QED) is 0.287. The topological polar surface area (TPSA) is 96.7 Å². The molecular weight excluding hydrogens is 470 g/mol. The van der Waals surface area contributed by atoms with E-state index in [0.717, 1.165) is 32.3 Å². The van der Waals surface area contributed by atoms with E-state index < -0.39 is 0 Å². The van der Waals surface area contributed by atoms with Crippen LogP contribution in [-0.4, -0.2) is 20.1 Å². The van der Waals surface area contributed by atoms with Crippen molar-refractivity contribution >= 4 is 43.4 Å². The molecule has 0 unspecified atom stereocenters. The van der Waals surface area contributed by atoms with Gasteiger partial charge in [-0.3, -0.25) is 9.78 Å². The number of benzene rings is 1. The molecule has 8 heteroatoms. The predicted octanol–water partition coefficient (Wildman–Crippen LogP) is 4.54. The van der Waals surface area contributed by atoms with E-state index in [4.69, 9.17) is 9.51 Å². The molecule has 5 rings (SSSR count). The van der Waals surface area contributed by atoms with Crippen LogP contribution in [0.1, 0.15) is 22.6 Å². The van der Waals surface area contributed by atoms with Gasteiger partial charge in [-0.25, -0.2) is 4.98 Å². The Morgan fingerprint density at radius 1 is 1.19 bits per heavy atom. The first kappa shape index (κ1) is 20.0. The summed E-state index contributed by atoms with van der Waals surface area (Å²) in [4.78, 5) is 24.5. The van der Waals surface area contributed by atoms with E-state index in [1.807, 2.05) is 43.3 Å². The lowest BCUT2D eigenvalue weighted by Crippen LogP contribution is -2.10. The van der Waals surface area contributed by atoms with E-state index in [1.54, 1.807) is 18.6 Å². The number of hydrogen-bond acceptors (Lipinski definition) is 6. The fraction of sp³-hybridized carbons (Fsp3) is 0.0833. The molecular formula is C24H16BrN5O2. The highest BCUT2D eigenvalue weighted by molar-refractivity contribution is 9.10. The van der Waals surface area contributed by atoms with E-state index >= 15 is 0 Å². The second-order valence-electron chi connectivity index (χ2n) is 7.18. The van der Waals surface area contributed by atoms with E-state index in [-0.39, 0.29) is 5.56 Å². The number of nitrogens with zero attached hydrogens (tertiary/aromatic N) is 3. The lowest BCUT2D eigenvalue weighted by Gasteiger charge is -2.12. The van der Waals surface area contributed by atoms with Crippen LogP contribution < -0.4 is 10.9 Å². The number of anilines is 1. The third kappa shape index (κ3) is 3.86. The highest BCUT2D eigenvalue weighted by Gasteiger charge is 2.15. The Morgan fingerprint density at radius 2 is 2.09 bits per heavy atom. The van der Waals surface area contributed by atoms with Crippen LogP contribution >= 0.6 is 15.9 Å². The van der Waals surface area contributed by atoms with Gasteiger partial charge in [-0.2, -0.15) is 0 Å². The summed E-state index contributed by atoms with van der Waals surface area (Å²) in [6.45, 7) is 2.28. The summed E-state index contributed by atoms with van der Waals surface area (Å²) in [5.41, 5.74) is 2.45. The normalized spacial score (nSPS) is 10.8. The van der Waals surface area contributed by atoms with Gasteiger partial charge in [-0.1, -0.05) is 32.9 Å². The third-order valence-electron chi connectivity index (χ3n) is 4.91. The van der Waals surface area contributed by atoms with Crippen molar-refractivity contribution in [1.29, 1.82) is 0 Å². The van der Waals surface area contributed by atoms with Crippen molar-refractivity contribution in [1.82, 2.24) is 20.1 Å². The minimum atomic E-state index is -0.221. The Labute approximate surface area is 191 Å². The van der Waals surface area contributed by atoms with Gasteiger partial charge in [0.05, 0.1) is 23.0 Å². The fourth-order valence-corrected chi connectivity index (χ4v) is 3.83. The lowest BCUT2D eigenvalue weighted by molar-refractivity contribution is 0.391. The van der Waals surface area contributed by atoms with Crippen molar-refractivity contribution < 1.29 is 4.52 Å². The van der Waals surface area contributed by atoms with Gasteiger partial charge < -0.3 is 14.8 Å². The van der Waals surface area contributed by atoms with E-state index in [1.165, 1.54) is 0 Å². The zero-order valence-corrected chi connectivity index (χ0v) is 18.5. The highest BCUT2D eigenvalue weighted by atomic mass is 79.9. The van der Waals surface area contributed by atoms with Crippen LogP contribution in [-0.2, 0) is 6.54 Å². The Morgan fingerprint density at radius 3 is 2.88 bits per heavy atom. The molecule has 0 saturated carbocycles. The Balaban J connectivity index is 1.70. The number of nitrogens with one attached hydrogen (secondary N) is 2. The first-order valence-corrected chi connectivity index (χ1v) is 10.6. The molecule has 0 bridgehead atoms. The summed E-state index contributed by atoms with van der Waals surface area (Å²) in [6.07, 6.45) is 4.98. The average Bonchev–Trinajstić information content (AvgIpc) is 3.22. The van der Waals surface area contributed by atoms with Crippen molar-refractivity contribution in [2.45, 2.75) is 13.5 Å². The van der Waals surface area contributed by atoms with Crippen LogP contribution in [0.25, 0.3) is 21.7 Å². The summed E-state index contributed by atoms with van der Waals surface area (Å²) in [7, 11) is 0. The van der Waals surface area contributed by atoms with Gasteiger partial charge in [-0.05, 0) is 37.3 Å². The van der Waals surface area contributed by atoms with Crippen molar-refractivity contribution in [3.05, 3.63) is 92.4 Å². The summed E-state index contributed by atoms with van der Waals surface area (Å²) in [5.74, 6) is 7.58. The molecule has 0 atom stereocenters. The largest absolute Gasteiger partial charge is 0.364 e. The molecule has 0 aliphatic carbocycles. The summed E-state index contributed by atoms with van der Waals surface area (Å²) < 4.78 is 6.01. The Hall–Kier alpha value is -3.96. The van der Waals surface area contributed by atoms with E-state index in [9.17, 15) is 4.79 Å². The lowest BCUT2D eigenvalue weighted by atomic mass is 10.0. The smallest absolute Gasteiger partial charge is 0.258 e. The van der Waals surface area contributed by atoms with Crippen LogP contribution in [0.2, 0.25) is 0 Å². The van der Waals surface area contributed by atoms with Crippen LogP contribution in [0.4, 0.5) is 5.82 Å². The van der Waals surface area contributed by atoms with Gasteiger partial charge in [0.15, 0.2) is 0 Å².